The molecule has 0 saturated carbocycles. The van der Waals surface area contributed by atoms with Crippen LogP contribution in [0, 0.1) is 0 Å². The molecule has 0 aromatic heterocycles. The van der Waals surface area contributed by atoms with Gasteiger partial charge in [-0.15, -0.1) is 0 Å². The van der Waals surface area contributed by atoms with Gasteiger partial charge >= 0.3 is 41.2 Å². The SMILES string of the molecule is [Li][C](=C)C=C. The zero-order chi connectivity index (χ0) is 4.28. The van der Waals surface area contributed by atoms with Crippen LogP contribution in [0.2, 0.25) is 0 Å². The maximum atomic E-state index is 3.56. The summed E-state index contributed by atoms with van der Waals surface area (Å²) in [6.45, 7) is 7.02. The average molecular weight is 60.0 g/mol. The van der Waals surface area contributed by atoms with Crippen LogP contribution in [0.3, 0.4) is 0 Å². The summed E-state index contributed by atoms with van der Waals surface area (Å²) in [4.78, 5) is 0. The normalized spacial score (nSPS) is 6.80. The van der Waals surface area contributed by atoms with Crippen LogP contribution in [0.1, 0.15) is 0 Å². The van der Waals surface area contributed by atoms with Gasteiger partial charge in [-0.3, -0.25) is 0 Å². The molecular weight excluding hydrogens is 55.0 g/mol. The first kappa shape index (κ1) is 5.08. The Morgan fingerprint density at radius 2 is 2.00 bits per heavy atom. The molecule has 1 heteroatoms. The molecular formula is C4H5Li. The van der Waals surface area contributed by atoms with Gasteiger partial charge in [0.2, 0.25) is 0 Å². The second-order valence-corrected chi connectivity index (χ2v) is 1.05. The van der Waals surface area contributed by atoms with Gasteiger partial charge in [-0.05, 0) is 0 Å². The third-order valence-electron chi connectivity index (χ3n) is 0.348. The van der Waals surface area contributed by atoms with E-state index >= 15 is 0 Å². The molecule has 0 saturated heterocycles. The molecule has 0 spiro atoms. The Hall–Kier alpha value is 0.0774. The minimum absolute atomic E-state index is 1.02. The third kappa shape index (κ3) is 4.08. The predicted octanol–water partition coefficient (Wildman–Crippen LogP) is 0.855. The van der Waals surface area contributed by atoms with Crippen LogP contribution in [0.5, 0.6) is 0 Å². The van der Waals surface area contributed by atoms with Crippen LogP contribution >= 0.6 is 0 Å². The standard InChI is InChI=1S/C4H5.Li/c1-3-4-2;/h3H,1-2H2;. The average Bonchev–Trinajstić information content (AvgIpc) is 1.38. The summed E-state index contributed by atoms with van der Waals surface area (Å²) >= 11 is 1.91. The van der Waals surface area contributed by atoms with Gasteiger partial charge in [-0.25, -0.2) is 0 Å². The van der Waals surface area contributed by atoms with E-state index in [1.54, 1.807) is 6.08 Å². The van der Waals surface area contributed by atoms with Crippen molar-refractivity contribution in [3.05, 3.63) is 23.5 Å². The van der Waals surface area contributed by atoms with Crippen LogP contribution < -0.4 is 0 Å². The van der Waals surface area contributed by atoms with Crippen LogP contribution in [0.15, 0.2) is 23.5 Å². The van der Waals surface area contributed by atoms with E-state index in [0.29, 0.717) is 0 Å². The van der Waals surface area contributed by atoms with Gasteiger partial charge in [0, 0.05) is 0 Å². The quantitative estimate of drug-likeness (QED) is 0.311. The van der Waals surface area contributed by atoms with Crippen molar-refractivity contribution in [1.82, 2.24) is 0 Å². The van der Waals surface area contributed by atoms with Crippen LogP contribution in [-0.2, 0) is 0 Å². The van der Waals surface area contributed by atoms with E-state index in [-0.39, 0.29) is 0 Å². The van der Waals surface area contributed by atoms with Crippen molar-refractivity contribution < 1.29 is 0 Å². The topological polar surface area (TPSA) is 0 Å². The molecule has 0 aliphatic carbocycles. The summed E-state index contributed by atoms with van der Waals surface area (Å²) in [6.07, 6.45) is 1.72. The minimum atomic E-state index is 1.02. The van der Waals surface area contributed by atoms with Crippen molar-refractivity contribution in [3.8, 4) is 0 Å². The fourth-order valence-electron chi connectivity index (χ4n) is 0. The van der Waals surface area contributed by atoms with E-state index in [0.717, 1.165) is 4.25 Å². The Morgan fingerprint density at radius 3 is 2.00 bits per heavy atom. The van der Waals surface area contributed by atoms with E-state index in [9.17, 15) is 0 Å². The van der Waals surface area contributed by atoms with E-state index in [1.165, 1.54) is 0 Å². The Kier molecular flexibility index (Phi) is 2.36. The monoisotopic (exact) mass is 60.1 g/mol. The second-order valence-electron chi connectivity index (χ2n) is 1.05. The molecule has 0 aromatic rings. The van der Waals surface area contributed by atoms with Gasteiger partial charge in [-0.2, -0.15) is 0 Å². The van der Waals surface area contributed by atoms with Gasteiger partial charge in [0.15, 0.2) is 0 Å². The molecule has 0 atom stereocenters. The molecule has 22 valence electrons. The Labute approximate surface area is 41.8 Å². The second kappa shape index (κ2) is 2.32. The van der Waals surface area contributed by atoms with Gasteiger partial charge in [0.05, 0.1) is 0 Å². The van der Waals surface area contributed by atoms with Crippen molar-refractivity contribution in [2.45, 2.75) is 0 Å². The summed E-state index contributed by atoms with van der Waals surface area (Å²) in [7, 11) is 0. The Bertz CT molecular complexity index is 54.7. The molecule has 0 bridgehead atoms. The summed E-state index contributed by atoms with van der Waals surface area (Å²) in [5, 5.41) is 0. The zero-order valence-electron chi connectivity index (χ0n) is 3.49. The molecule has 0 heterocycles. The van der Waals surface area contributed by atoms with E-state index in [1.807, 2.05) is 17.7 Å². The van der Waals surface area contributed by atoms with Crippen molar-refractivity contribution in [1.29, 1.82) is 0 Å². The molecule has 0 aromatic carbocycles. The first-order chi connectivity index (χ1) is 2.27. The fraction of sp³-hybridized carbons (Fsp3) is 0. The summed E-state index contributed by atoms with van der Waals surface area (Å²) in [6, 6.07) is 0. The Balaban J connectivity index is 3.20. The van der Waals surface area contributed by atoms with Crippen LogP contribution in [0.4, 0.5) is 0 Å². The molecule has 0 amide bonds. The van der Waals surface area contributed by atoms with E-state index in [2.05, 4.69) is 13.2 Å². The third-order valence-corrected chi connectivity index (χ3v) is 0.348. The molecule has 0 unspecified atom stereocenters. The predicted molar refractivity (Wildman–Crippen MR) is 25.1 cm³/mol. The van der Waals surface area contributed by atoms with Crippen molar-refractivity contribution in [3.63, 3.8) is 0 Å². The van der Waals surface area contributed by atoms with Gasteiger partial charge in [0.25, 0.3) is 0 Å². The zero-order valence-corrected chi connectivity index (χ0v) is 3.49. The van der Waals surface area contributed by atoms with Crippen LogP contribution in [0.25, 0.3) is 0 Å². The van der Waals surface area contributed by atoms with Crippen molar-refractivity contribution in [2.75, 3.05) is 0 Å². The summed E-state index contributed by atoms with van der Waals surface area (Å²) in [5.74, 6) is 0. The molecule has 0 aliphatic rings. The maximum absolute atomic E-state index is 3.56. The first-order valence-electron chi connectivity index (χ1n) is 1.55. The molecule has 0 aliphatic heterocycles. The number of hydrogen-bond donors (Lipinski definition) is 0. The number of allylic oxidation sites excluding steroid dienone is 2. The molecule has 0 rings (SSSR count). The Morgan fingerprint density at radius 1 is 1.80 bits per heavy atom. The van der Waals surface area contributed by atoms with Crippen molar-refractivity contribution >= 4 is 17.7 Å². The molecule has 0 N–H and O–H groups in total. The fourth-order valence-corrected chi connectivity index (χ4v) is 0. The van der Waals surface area contributed by atoms with Gasteiger partial charge < -0.3 is 0 Å². The first-order valence-corrected chi connectivity index (χ1v) is 1.55. The van der Waals surface area contributed by atoms with Gasteiger partial charge in [0.1, 0.15) is 0 Å². The summed E-state index contributed by atoms with van der Waals surface area (Å²) < 4.78 is 1.02. The molecule has 0 radical (unpaired) electrons. The molecule has 0 nitrogen and oxygen atoms in total. The number of hydrogen-bond acceptors (Lipinski definition) is 0. The van der Waals surface area contributed by atoms with Crippen molar-refractivity contribution in [2.24, 2.45) is 0 Å². The molecule has 0 fully saturated rings. The van der Waals surface area contributed by atoms with E-state index in [4.69, 9.17) is 0 Å². The van der Waals surface area contributed by atoms with Gasteiger partial charge in [-0.1, -0.05) is 0 Å². The van der Waals surface area contributed by atoms with Crippen LogP contribution in [-0.4, -0.2) is 17.7 Å². The molecule has 5 heavy (non-hydrogen) atoms. The number of rotatable bonds is 1. The summed E-state index contributed by atoms with van der Waals surface area (Å²) in [5.41, 5.74) is 0. The van der Waals surface area contributed by atoms with E-state index < -0.39 is 0 Å².